The predicted molar refractivity (Wildman–Crippen MR) is 128 cm³/mol. The number of nitrogens with one attached hydrogen (secondary N) is 2. The van der Waals surface area contributed by atoms with Crippen molar-refractivity contribution in [2.45, 2.75) is 6.54 Å². The molecule has 0 radical (unpaired) electrons. The molecular formula is C24H21FIN3O. The molecule has 3 aromatic carbocycles. The standard InChI is InChI=1S/C24H21FIN3O/c1-29(2)14-15-6-9-19(10-7-15)27-23(16-4-3-5-18(26)12-16)22-20-11-8-17(25)13-21(20)28-24(22)30/h3-13,27H,14H2,1-2H3,(H,28,30). The Bertz CT molecular complexity index is 1140. The smallest absolute Gasteiger partial charge is 0.258 e. The second-order valence-corrected chi connectivity index (χ2v) is 8.71. The molecule has 4 nitrogen and oxygen atoms in total. The van der Waals surface area contributed by atoms with Gasteiger partial charge in [-0.25, -0.2) is 4.39 Å². The van der Waals surface area contributed by atoms with E-state index in [0.717, 1.165) is 21.4 Å². The van der Waals surface area contributed by atoms with Crippen LogP contribution in [0, 0.1) is 9.39 Å². The molecule has 0 saturated heterocycles. The number of nitrogens with zero attached hydrogens (tertiary/aromatic N) is 1. The number of benzene rings is 3. The van der Waals surface area contributed by atoms with E-state index in [2.05, 4.69) is 50.3 Å². The number of fused-ring (bicyclic) bond motifs is 1. The number of halogens is 2. The summed E-state index contributed by atoms with van der Waals surface area (Å²) in [5.41, 5.74) is 5.34. The Kier molecular flexibility index (Phi) is 5.87. The van der Waals surface area contributed by atoms with Crippen molar-refractivity contribution in [3.05, 3.63) is 92.8 Å². The summed E-state index contributed by atoms with van der Waals surface area (Å²) in [6.07, 6.45) is 0. The third-order valence-corrected chi connectivity index (χ3v) is 5.48. The average Bonchev–Trinajstić information content (AvgIpc) is 3.01. The van der Waals surface area contributed by atoms with Crippen LogP contribution in [0.4, 0.5) is 15.8 Å². The van der Waals surface area contributed by atoms with Crippen molar-refractivity contribution in [1.82, 2.24) is 4.90 Å². The number of carbonyl (C=O) groups is 1. The van der Waals surface area contributed by atoms with Crippen LogP contribution in [-0.2, 0) is 11.3 Å². The molecule has 0 atom stereocenters. The summed E-state index contributed by atoms with van der Waals surface area (Å²) in [4.78, 5) is 15.0. The van der Waals surface area contributed by atoms with Crippen molar-refractivity contribution in [2.24, 2.45) is 0 Å². The highest BCUT2D eigenvalue weighted by Crippen LogP contribution is 2.38. The minimum absolute atomic E-state index is 0.249. The van der Waals surface area contributed by atoms with Gasteiger partial charge < -0.3 is 15.5 Å². The zero-order valence-electron chi connectivity index (χ0n) is 16.7. The molecule has 30 heavy (non-hydrogen) atoms. The van der Waals surface area contributed by atoms with Gasteiger partial charge in [0.05, 0.1) is 17.0 Å². The van der Waals surface area contributed by atoms with Gasteiger partial charge in [0.25, 0.3) is 5.91 Å². The fraction of sp³-hybridized carbons (Fsp3) is 0.125. The molecule has 1 aliphatic heterocycles. The molecule has 0 saturated carbocycles. The molecular weight excluding hydrogens is 492 g/mol. The summed E-state index contributed by atoms with van der Waals surface area (Å²) in [5.74, 6) is -0.628. The third-order valence-electron chi connectivity index (χ3n) is 4.81. The Balaban J connectivity index is 1.81. The second kappa shape index (κ2) is 8.57. The van der Waals surface area contributed by atoms with Crippen LogP contribution < -0.4 is 10.6 Å². The molecule has 4 rings (SSSR count). The van der Waals surface area contributed by atoms with Crippen LogP contribution in [0.25, 0.3) is 11.3 Å². The molecule has 1 aliphatic rings. The molecule has 1 amide bonds. The molecule has 0 fully saturated rings. The first-order valence-corrected chi connectivity index (χ1v) is 10.6. The molecule has 152 valence electrons. The molecule has 0 aromatic heterocycles. The van der Waals surface area contributed by atoms with Gasteiger partial charge in [-0.2, -0.15) is 0 Å². The summed E-state index contributed by atoms with van der Waals surface area (Å²) in [6, 6.07) is 20.5. The first-order valence-electron chi connectivity index (χ1n) is 9.53. The molecule has 0 bridgehead atoms. The average molecular weight is 513 g/mol. The van der Waals surface area contributed by atoms with Crippen molar-refractivity contribution in [2.75, 3.05) is 24.7 Å². The number of rotatable bonds is 5. The van der Waals surface area contributed by atoms with Gasteiger partial charge in [-0.3, -0.25) is 4.79 Å². The molecule has 2 N–H and O–H groups in total. The Morgan fingerprint density at radius 2 is 1.83 bits per heavy atom. The van der Waals surface area contributed by atoms with Crippen LogP contribution in [0.2, 0.25) is 0 Å². The van der Waals surface area contributed by atoms with Crippen LogP contribution in [0.3, 0.4) is 0 Å². The molecule has 3 aromatic rings. The molecule has 0 aliphatic carbocycles. The predicted octanol–water partition coefficient (Wildman–Crippen LogP) is 5.42. The first kappa shape index (κ1) is 20.6. The van der Waals surface area contributed by atoms with Crippen LogP contribution in [0.5, 0.6) is 0 Å². The minimum Gasteiger partial charge on any atom is -0.354 e. The number of carbonyl (C=O) groups excluding carboxylic acids is 1. The van der Waals surface area contributed by atoms with E-state index in [0.29, 0.717) is 22.5 Å². The fourth-order valence-corrected chi connectivity index (χ4v) is 4.06. The van der Waals surface area contributed by atoms with E-state index in [1.165, 1.54) is 17.7 Å². The summed E-state index contributed by atoms with van der Waals surface area (Å²) < 4.78 is 14.7. The maximum absolute atomic E-state index is 13.7. The zero-order chi connectivity index (χ0) is 21.3. The van der Waals surface area contributed by atoms with Gasteiger partial charge in [-0.15, -0.1) is 0 Å². The third kappa shape index (κ3) is 4.39. The van der Waals surface area contributed by atoms with Crippen molar-refractivity contribution in [3.63, 3.8) is 0 Å². The van der Waals surface area contributed by atoms with Gasteiger partial charge >= 0.3 is 0 Å². The van der Waals surface area contributed by atoms with E-state index in [1.807, 2.05) is 50.5 Å². The Labute approximate surface area is 188 Å². The lowest BCUT2D eigenvalue weighted by molar-refractivity contribution is -0.110. The fourth-order valence-electron chi connectivity index (χ4n) is 3.52. The summed E-state index contributed by atoms with van der Waals surface area (Å²) in [6.45, 7) is 0.854. The van der Waals surface area contributed by atoms with E-state index in [4.69, 9.17) is 0 Å². The monoisotopic (exact) mass is 513 g/mol. The van der Waals surface area contributed by atoms with E-state index in [-0.39, 0.29) is 11.7 Å². The topological polar surface area (TPSA) is 44.4 Å². The Morgan fingerprint density at radius 3 is 2.53 bits per heavy atom. The van der Waals surface area contributed by atoms with E-state index in [1.54, 1.807) is 6.07 Å². The molecule has 1 heterocycles. The number of anilines is 2. The maximum Gasteiger partial charge on any atom is 0.258 e. The van der Waals surface area contributed by atoms with Crippen LogP contribution in [0.15, 0.2) is 66.7 Å². The second-order valence-electron chi connectivity index (χ2n) is 7.46. The van der Waals surface area contributed by atoms with Gasteiger partial charge in [0.15, 0.2) is 0 Å². The molecule has 0 spiro atoms. The number of amides is 1. The zero-order valence-corrected chi connectivity index (χ0v) is 18.8. The van der Waals surface area contributed by atoms with E-state index in [9.17, 15) is 9.18 Å². The normalized spacial score (nSPS) is 14.5. The van der Waals surface area contributed by atoms with Gasteiger partial charge in [-0.05, 0) is 90.3 Å². The lowest BCUT2D eigenvalue weighted by atomic mass is 10.00. The number of hydrogen-bond donors (Lipinski definition) is 2. The summed E-state index contributed by atoms with van der Waals surface area (Å²) in [7, 11) is 4.06. The number of hydrogen-bond acceptors (Lipinski definition) is 3. The maximum atomic E-state index is 13.7. The van der Waals surface area contributed by atoms with E-state index >= 15 is 0 Å². The SMILES string of the molecule is CN(C)Cc1ccc(NC(=C2C(=O)Nc3cc(F)ccc32)c2cccc(I)c2)cc1. The molecule has 6 heteroatoms. The molecule has 0 unspecified atom stereocenters. The van der Waals surface area contributed by atoms with Gasteiger partial charge in [-0.1, -0.05) is 24.3 Å². The lowest BCUT2D eigenvalue weighted by Gasteiger charge is -2.16. The first-order chi connectivity index (χ1) is 14.4. The van der Waals surface area contributed by atoms with Gasteiger partial charge in [0.2, 0.25) is 0 Å². The largest absolute Gasteiger partial charge is 0.354 e. The highest BCUT2D eigenvalue weighted by Gasteiger charge is 2.28. The highest BCUT2D eigenvalue weighted by molar-refractivity contribution is 14.1. The lowest BCUT2D eigenvalue weighted by Crippen LogP contribution is -2.11. The van der Waals surface area contributed by atoms with Crippen molar-refractivity contribution in [3.8, 4) is 0 Å². The quantitative estimate of drug-likeness (QED) is 0.354. The van der Waals surface area contributed by atoms with Crippen molar-refractivity contribution < 1.29 is 9.18 Å². The highest BCUT2D eigenvalue weighted by atomic mass is 127. The van der Waals surface area contributed by atoms with Crippen LogP contribution >= 0.6 is 22.6 Å². The summed E-state index contributed by atoms with van der Waals surface area (Å²) >= 11 is 2.25. The van der Waals surface area contributed by atoms with Gasteiger partial charge in [0.1, 0.15) is 5.82 Å². The van der Waals surface area contributed by atoms with Crippen molar-refractivity contribution in [1.29, 1.82) is 0 Å². The van der Waals surface area contributed by atoms with E-state index < -0.39 is 0 Å². The van der Waals surface area contributed by atoms with Crippen LogP contribution in [-0.4, -0.2) is 24.9 Å². The van der Waals surface area contributed by atoms with Crippen LogP contribution in [0.1, 0.15) is 16.7 Å². The van der Waals surface area contributed by atoms with Crippen molar-refractivity contribution >= 4 is 51.1 Å². The Hall–Kier alpha value is -2.71. The Morgan fingerprint density at radius 1 is 1.07 bits per heavy atom. The van der Waals surface area contributed by atoms with Gasteiger partial charge in [0, 0.05) is 21.4 Å². The minimum atomic E-state index is -0.379. The summed E-state index contributed by atoms with van der Waals surface area (Å²) in [5, 5.41) is 6.22.